The number of alkyl halides is 12. The van der Waals surface area contributed by atoms with E-state index >= 15 is 0 Å². The van der Waals surface area contributed by atoms with Crippen LogP contribution in [0.3, 0.4) is 0 Å². The fourth-order valence-electron chi connectivity index (χ4n) is 3.11. The summed E-state index contributed by atoms with van der Waals surface area (Å²) in [7, 11) is -15.0. The van der Waals surface area contributed by atoms with Gasteiger partial charge in [0.05, 0.1) is 0 Å². The quantitative estimate of drug-likeness (QED) is 0.173. The van der Waals surface area contributed by atoms with Crippen molar-refractivity contribution in [2.75, 3.05) is 26.4 Å². The summed E-state index contributed by atoms with van der Waals surface area (Å²) >= 11 is 0. The van der Waals surface area contributed by atoms with Gasteiger partial charge in [-0.05, 0) is 12.8 Å². The summed E-state index contributed by atoms with van der Waals surface area (Å²) in [5, 5.41) is -0.539. The van der Waals surface area contributed by atoms with Gasteiger partial charge in [-0.15, -0.1) is 0 Å². The molecule has 0 amide bonds. The van der Waals surface area contributed by atoms with Crippen molar-refractivity contribution >= 4 is 22.5 Å². The van der Waals surface area contributed by atoms with Gasteiger partial charge >= 0.3 is 32.4 Å². The number of nitrogens with zero attached hydrogens (tertiary/aromatic N) is 3. The van der Waals surface area contributed by atoms with Crippen LogP contribution in [0.25, 0.3) is 0 Å². The van der Waals surface area contributed by atoms with Crippen molar-refractivity contribution in [3.8, 4) is 0 Å². The Morgan fingerprint density at radius 1 is 0.525 bits per heavy atom. The van der Waals surface area contributed by atoms with Crippen LogP contribution in [0, 0.1) is 0 Å². The Kier molecular flexibility index (Phi) is 9.73. The van der Waals surface area contributed by atoms with Crippen molar-refractivity contribution in [1.82, 2.24) is 0 Å². The molecule has 7 nitrogen and oxygen atoms in total. The summed E-state index contributed by atoms with van der Waals surface area (Å²) in [6.45, 7) is -9.06. The van der Waals surface area contributed by atoms with Crippen molar-refractivity contribution in [3.05, 3.63) is 47.1 Å². The molecular weight excluding hydrogens is 643 g/mol. The molecule has 0 radical (unpaired) electrons. The van der Waals surface area contributed by atoms with Crippen LogP contribution in [0.2, 0.25) is 0 Å². The molecule has 0 saturated carbocycles. The van der Waals surface area contributed by atoms with Gasteiger partial charge in [-0.3, -0.25) is 9.05 Å². The van der Waals surface area contributed by atoms with Gasteiger partial charge in [-0.2, -0.15) is 66.2 Å². The van der Waals surface area contributed by atoms with Crippen LogP contribution >= 0.6 is 22.5 Å². The van der Waals surface area contributed by atoms with Crippen LogP contribution in [0.4, 0.5) is 52.7 Å². The van der Waals surface area contributed by atoms with Gasteiger partial charge in [0.15, 0.2) is 26.4 Å². The third-order valence-corrected chi connectivity index (χ3v) is 14.3. The summed E-state index contributed by atoms with van der Waals surface area (Å²) in [5.41, 5.74) is 0. The monoisotopic (exact) mass is 661 g/mol. The first-order valence-electron chi connectivity index (χ1n) is 10.6. The molecule has 0 saturated heterocycles. The average molecular weight is 661 g/mol. The van der Waals surface area contributed by atoms with Gasteiger partial charge in [0.2, 0.25) is 14.9 Å². The topological polar surface area (TPSA) is 74.0 Å². The minimum Gasteiger partial charge on any atom is -0.314 e. The van der Waals surface area contributed by atoms with Crippen LogP contribution in [0.5, 0.6) is 0 Å². The van der Waals surface area contributed by atoms with E-state index in [2.05, 4.69) is 22.6 Å². The third kappa shape index (κ3) is 9.33. The Bertz CT molecular complexity index is 1190. The van der Waals surface area contributed by atoms with Crippen LogP contribution in [0.1, 0.15) is 12.8 Å². The van der Waals surface area contributed by atoms with Crippen LogP contribution in [0.15, 0.2) is 60.6 Å². The van der Waals surface area contributed by atoms with Crippen molar-refractivity contribution in [2.24, 2.45) is 13.5 Å². The maximum atomic E-state index is 13.3. The molecule has 0 fully saturated rings. The zero-order valence-corrected chi connectivity index (χ0v) is 22.2. The zero-order chi connectivity index (χ0) is 30.1. The molecule has 3 aliphatic rings. The van der Waals surface area contributed by atoms with E-state index < -0.39 is 73.7 Å². The predicted molar refractivity (Wildman–Crippen MR) is 120 cm³/mol. The molecule has 0 spiro atoms. The van der Waals surface area contributed by atoms with E-state index in [9.17, 15) is 52.7 Å². The lowest BCUT2D eigenvalue weighted by Crippen LogP contribution is -2.21. The molecule has 1 aliphatic heterocycles. The number of hydrogen-bond donors (Lipinski definition) is 0. The van der Waals surface area contributed by atoms with E-state index in [0.717, 1.165) is 12.2 Å². The standard InChI is InChI=1S/C18H18F12N3O4P3/c19-15(20,21)9-34-38(13-5-1-2-6-13)31-39(14-7-3-4-8-14,35-10-16(22,23)24)33-40(32-38,36-11-17(25,26)27)37-12-18(28,29)30/h1-5,7H,6,8-12H2. The lowest BCUT2D eigenvalue weighted by Gasteiger charge is -2.36. The Labute approximate surface area is 218 Å². The summed E-state index contributed by atoms with van der Waals surface area (Å²) in [6.07, 6.45) is -14.0. The van der Waals surface area contributed by atoms with Crippen LogP contribution in [-0.4, -0.2) is 51.1 Å². The van der Waals surface area contributed by atoms with E-state index in [0.29, 0.717) is 0 Å². The maximum absolute atomic E-state index is 13.3. The van der Waals surface area contributed by atoms with Gasteiger partial charge in [0.25, 0.3) is 0 Å². The van der Waals surface area contributed by atoms with E-state index in [-0.39, 0.29) is 23.5 Å². The van der Waals surface area contributed by atoms with Gasteiger partial charge < -0.3 is 9.05 Å². The minimum atomic E-state index is -5.40. The lowest BCUT2D eigenvalue weighted by atomic mass is 10.5. The molecule has 2 atom stereocenters. The van der Waals surface area contributed by atoms with Crippen molar-refractivity contribution in [2.45, 2.75) is 37.5 Å². The first kappa shape index (κ1) is 33.2. The van der Waals surface area contributed by atoms with Crippen molar-refractivity contribution in [1.29, 1.82) is 0 Å². The molecule has 2 unspecified atom stereocenters. The highest BCUT2D eigenvalue weighted by Crippen LogP contribution is 2.85. The van der Waals surface area contributed by atoms with E-state index in [1.54, 1.807) is 0 Å². The van der Waals surface area contributed by atoms with E-state index in [4.69, 9.17) is 9.05 Å². The Morgan fingerprint density at radius 2 is 0.875 bits per heavy atom. The zero-order valence-electron chi connectivity index (χ0n) is 19.6. The molecule has 0 N–H and O–H groups in total. The highest BCUT2D eigenvalue weighted by atomic mass is 31.3. The molecule has 0 aromatic heterocycles. The molecule has 228 valence electrons. The fourth-order valence-corrected chi connectivity index (χ4v) is 14.7. The van der Waals surface area contributed by atoms with E-state index in [1.807, 2.05) is 0 Å². The highest BCUT2D eigenvalue weighted by molar-refractivity contribution is 7.84. The lowest BCUT2D eigenvalue weighted by molar-refractivity contribution is -0.163. The third-order valence-electron chi connectivity index (χ3n) is 4.57. The second kappa shape index (κ2) is 11.7. The number of hydrogen-bond acceptors (Lipinski definition) is 7. The largest absolute Gasteiger partial charge is 0.412 e. The second-order valence-corrected chi connectivity index (χ2v) is 15.5. The Balaban J connectivity index is 2.40. The molecule has 40 heavy (non-hydrogen) atoms. The predicted octanol–water partition coefficient (Wildman–Crippen LogP) is 10.0. The molecule has 0 aromatic carbocycles. The van der Waals surface area contributed by atoms with Crippen molar-refractivity contribution < 1.29 is 70.8 Å². The molecular formula is C18H18F12N3O4P3. The number of halogens is 12. The van der Waals surface area contributed by atoms with Crippen LogP contribution in [-0.2, 0) is 18.1 Å². The normalized spacial score (nSPS) is 26.7. The fraction of sp³-hybridized carbons (Fsp3) is 0.556. The molecule has 22 heteroatoms. The highest BCUT2D eigenvalue weighted by Gasteiger charge is 2.49. The number of allylic oxidation sites excluding steroid dienone is 8. The smallest absolute Gasteiger partial charge is 0.314 e. The summed E-state index contributed by atoms with van der Waals surface area (Å²) in [5.74, 6) is 0. The van der Waals surface area contributed by atoms with Gasteiger partial charge in [0, 0.05) is 10.6 Å². The molecule has 2 aliphatic carbocycles. The van der Waals surface area contributed by atoms with E-state index in [1.165, 1.54) is 24.3 Å². The average Bonchev–Trinajstić information content (AvgIpc) is 3.52. The molecule has 0 aromatic rings. The van der Waals surface area contributed by atoms with Crippen molar-refractivity contribution in [3.63, 3.8) is 0 Å². The number of rotatable bonds is 10. The van der Waals surface area contributed by atoms with Gasteiger partial charge in [-0.25, -0.2) is 0 Å². The summed E-state index contributed by atoms with van der Waals surface area (Å²) in [4.78, 5) is 0. The second-order valence-electron chi connectivity index (χ2n) is 7.98. The molecule has 3 rings (SSSR count). The van der Waals surface area contributed by atoms with Gasteiger partial charge in [-0.1, -0.05) is 36.5 Å². The first-order valence-corrected chi connectivity index (χ1v) is 15.4. The maximum Gasteiger partial charge on any atom is 0.412 e. The summed E-state index contributed by atoms with van der Waals surface area (Å²) in [6, 6.07) is 0. The molecule has 1 heterocycles. The minimum absolute atomic E-state index is 0.270. The van der Waals surface area contributed by atoms with Crippen LogP contribution < -0.4 is 0 Å². The van der Waals surface area contributed by atoms with Gasteiger partial charge in [0.1, 0.15) is 0 Å². The first-order chi connectivity index (χ1) is 18.2. The molecule has 0 bridgehead atoms. The summed E-state index contributed by atoms with van der Waals surface area (Å²) < 4.78 is 189. The Hall–Kier alpha value is -1.35. The SMILES string of the molecule is FC(F)(F)COP1(OCC(F)(F)F)=NP(OCC(F)(F)F)(C2=CC=CC2)=NP(OCC(F)(F)F)(C2=CC=CC2)=N1. The Morgan fingerprint density at radius 3 is 1.20 bits per heavy atom.